The minimum absolute atomic E-state index is 0. The summed E-state index contributed by atoms with van der Waals surface area (Å²) in [4.78, 5) is 9.22. The van der Waals surface area contributed by atoms with E-state index >= 15 is 0 Å². The number of thioether (sulfide) groups is 1. The lowest BCUT2D eigenvalue weighted by molar-refractivity contribution is 0.364. The summed E-state index contributed by atoms with van der Waals surface area (Å²) >= 11 is 1.75. The third-order valence-corrected chi connectivity index (χ3v) is 4.34. The highest BCUT2D eigenvalue weighted by atomic mass is 35.5. The van der Waals surface area contributed by atoms with Gasteiger partial charge in [0, 0.05) is 12.5 Å². The van der Waals surface area contributed by atoms with Crippen LogP contribution in [0, 0.1) is 0 Å². The van der Waals surface area contributed by atoms with Crippen molar-refractivity contribution >= 4 is 35.2 Å². The zero-order valence-electron chi connectivity index (χ0n) is 14.0. The van der Waals surface area contributed by atoms with Crippen LogP contribution in [0.25, 0.3) is 11.0 Å². The van der Waals surface area contributed by atoms with E-state index in [0.29, 0.717) is 18.5 Å². The van der Waals surface area contributed by atoms with Gasteiger partial charge in [-0.3, -0.25) is 0 Å². The second kappa shape index (κ2) is 8.50. The van der Waals surface area contributed by atoms with Gasteiger partial charge in [0.1, 0.15) is 12.4 Å². The predicted molar refractivity (Wildman–Crippen MR) is 99.8 cm³/mol. The van der Waals surface area contributed by atoms with E-state index in [-0.39, 0.29) is 12.4 Å². The third kappa shape index (κ3) is 4.09. The van der Waals surface area contributed by atoms with Crippen molar-refractivity contribution in [2.24, 2.45) is 0 Å². The normalized spacial score (nSPS) is 12.3. The second-order valence-electron chi connectivity index (χ2n) is 5.53. The number of nitrogens with zero attached hydrogens (tertiary/aromatic N) is 4. The summed E-state index contributed by atoms with van der Waals surface area (Å²) in [6.45, 7) is 2.65. The van der Waals surface area contributed by atoms with Gasteiger partial charge in [-0.05, 0) is 32.4 Å². The van der Waals surface area contributed by atoms with Crippen LogP contribution < -0.4 is 5.32 Å². The van der Waals surface area contributed by atoms with Crippen molar-refractivity contribution in [3.05, 3.63) is 41.8 Å². The molecule has 0 amide bonds. The van der Waals surface area contributed by atoms with Crippen LogP contribution in [-0.4, -0.2) is 39.0 Å². The third-order valence-electron chi connectivity index (χ3n) is 3.79. The number of halogens is 1. The summed E-state index contributed by atoms with van der Waals surface area (Å²) < 4.78 is 7.58. The van der Waals surface area contributed by atoms with E-state index in [1.807, 2.05) is 25.2 Å². The molecule has 0 saturated heterocycles. The number of likely N-dealkylation sites (N-methyl/N-ethyl adjacent to an activating group) is 1. The zero-order valence-corrected chi connectivity index (χ0v) is 15.7. The number of rotatable bonds is 7. The van der Waals surface area contributed by atoms with Crippen LogP contribution >= 0.6 is 24.2 Å². The molecule has 6 nitrogen and oxygen atoms in total. The maximum Gasteiger partial charge on any atom is 0.246 e. The molecule has 0 spiro atoms. The first-order valence-corrected chi connectivity index (χ1v) is 9.02. The second-order valence-corrected chi connectivity index (χ2v) is 6.40. The SMILES string of the molecule is CNC(C)Cc1noc(Cn2c(CSC)nc3ccccc32)n1.Cl. The Balaban J connectivity index is 0.00000208. The van der Waals surface area contributed by atoms with Crippen molar-refractivity contribution < 1.29 is 4.52 Å². The summed E-state index contributed by atoms with van der Waals surface area (Å²) in [6, 6.07) is 8.46. The lowest BCUT2D eigenvalue weighted by atomic mass is 10.2. The zero-order chi connectivity index (χ0) is 16.2. The molecule has 0 radical (unpaired) electrons. The molecule has 0 aliphatic carbocycles. The predicted octanol–water partition coefficient (Wildman–Crippen LogP) is 2.90. The first-order chi connectivity index (χ1) is 11.2. The van der Waals surface area contributed by atoms with Gasteiger partial charge in [-0.2, -0.15) is 16.7 Å². The number of imidazole rings is 1. The molecule has 24 heavy (non-hydrogen) atoms. The van der Waals surface area contributed by atoms with Gasteiger partial charge in [-0.1, -0.05) is 17.3 Å². The van der Waals surface area contributed by atoms with Gasteiger partial charge in [-0.15, -0.1) is 12.4 Å². The summed E-state index contributed by atoms with van der Waals surface area (Å²) in [5.41, 5.74) is 2.10. The molecule has 8 heteroatoms. The molecule has 1 unspecified atom stereocenters. The van der Waals surface area contributed by atoms with E-state index in [4.69, 9.17) is 9.51 Å². The fraction of sp³-hybridized carbons (Fsp3) is 0.438. The number of para-hydroxylation sites is 2. The van der Waals surface area contributed by atoms with Crippen molar-refractivity contribution in [2.45, 2.75) is 31.7 Å². The van der Waals surface area contributed by atoms with Gasteiger partial charge in [0.05, 0.1) is 16.8 Å². The Morgan fingerprint density at radius 2 is 2.08 bits per heavy atom. The minimum Gasteiger partial charge on any atom is -0.337 e. The Labute approximate surface area is 151 Å². The molecule has 1 N–H and O–H groups in total. The Kier molecular flexibility index (Phi) is 6.65. The number of benzene rings is 1. The summed E-state index contributed by atoms with van der Waals surface area (Å²) in [6.07, 6.45) is 2.83. The molecule has 2 aromatic heterocycles. The van der Waals surface area contributed by atoms with Crippen LogP contribution in [0.5, 0.6) is 0 Å². The molecule has 3 aromatic rings. The topological polar surface area (TPSA) is 68.8 Å². The Hall–Kier alpha value is -1.57. The van der Waals surface area contributed by atoms with Crippen LogP contribution in [-0.2, 0) is 18.7 Å². The average Bonchev–Trinajstić information content (AvgIpc) is 3.13. The van der Waals surface area contributed by atoms with Crippen molar-refractivity contribution in [3.63, 3.8) is 0 Å². The van der Waals surface area contributed by atoms with E-state index in [1.165, 1.54) is 0 Å². The summed E-state index contributed by atoms with van der Waals surface area (Å²) in [5, 5.41) is 7.25. The highest BCUT2D eigenvalue weighted by molar-refractivity contribution is 7.97. The lowest BCUT2D eigenvalue weighted by Crippen LogP contribution is -2.24. The van der Waals surface area contributed by atoms with Gasteiger partial charge in [-0.25, -0.2) is 4.98 Å². The molecule has 1 atom stereocenters. The number of aromatic nitrogens is 4. The fourth-order valence-corrected chi connectivity index (χ4v) is 2.97. The first-order valence-electron chi connectivity index (χ1n) is 7.63. The molecular weight excluding hydrogens is 346 g/mol. The Morgan fingerprint density at radius 3 is 2.83 bits per heavy atom. The molecule has 2 heterocycles. The molecule has 0 saturated carbocycles. The quantitative estimate of drug-likeness (QED) is 0.692. The van der Waals surface area contributed by atoms with E-state index in [1.54, 1.807) is 11.8 Å². The first kappa shape index (κ1) is 18.8. The van der Waals surface area contributed by atoms with Crippen LogP contribution in [0.2, 0.25) is 0 Å². The Morgan fingerprint density at radius 1 is 1.29 bits per heavy atom. The smallest absolute Gasteiger partial charge is 0.246 e. The van der Waals surface area contributed by atoms with Crippen molar-refractivity contribution in [2.75, 3.05) is 13.3 Å². The number of hydrogen-bond acceptors (Lipinski definition) is 6. The fourth-order valence-electron chi connectivity index (χ4n) is 2.49. The number of fused-ring (bicyclic) bond motifs is 1. The van der Waals surface area contributed by atoms with Crippen LogP contribution in [0.15, 0.2) is 28.8 Å². The lowest BCUT2D eigenvalue weighted by Gasteiger charge is -2.05. The van der Waals surface area contributed by atoms with Crippen molar-refractivity contribution in [1.29, 1.82) is 0 Å². The van der Waals surface area contributed by atoms with E-state index in [0.717, 1.165) is 34.9 Å². The average molecular weight is 368 g/mol. The van der Waals surface area contributed by atoms with Gasteiger partial charge < -0.3 is 14.4 Å². The van der Waals surface area contributed by atoms with Crippen molar-refractivity contribution in [1.82, 2.24) is 25.0 Å². The molecule has 0 bridgehead atoms. The molecule has 0 aliphatic rings. The van der Waals surface area contributed by atoms with Crippen LogP contribution in [0.4, 0.5) is 0 Å². The van der Waals surface area contributed by atoms with Gasteiger partial charge >= 0.3 is 0 Å². The van der Waals surface area contributed by atoms with E-state index < -0.39 is 0 Å². The molecular formula is C16H22ClN5OS. The van der Waals surface area contributed by atoms with E-state index in [2.05, 4.69) is 39.3 Å². The maximum absolute atomic E-state index is 5.42. The molecule has 130 valence electrons. The number of hydrogen-bond donors (Lipinski definition) is 1. The highest BCUT2D eigenvalue weighted by Crippen LogP contribution is 2.20. The number of nitrogens with one attached hydrogen (secondary N) is 1. The molecule has 0 aliphatic heterocycles. The van der Waals surface area contributed by atoms with Crippen LogP contribution in [0.1, 0.15) is 24.5 Å². The van der Waals surface area contributed by atoms with Crippen molar-refractivity contribution in [3.8, 4) is 0 Å². The van der Waals surface area contributed by atoms with Gasteiger partial charge in [0.25, 0.3) is 0 Å². The summed E-state index contributed by atoms with van der Waals surface area (Å²) in [7, 11) is 1.93. The van der Waals surface area contributed by atoms with Gasteiger partial charge in [0.2, 0.25) is 5.89 Å². The molecule has 0 fully saturated rings. The maximum atomic E-state index is 5.42. The molecule has 1 aromatic carbocycles. The Bertz CT molecular complexity index is 788. The molecule has 3 rings (SSSR count). The largest absolute Gasteiger partial charge is 0.337 e. The monoisotopic (exact) mass is 367 g/mol. The van der Waals surface area contributed by atoms with E-state index in [9.17, 15) is 0 Å². The van der Waals surface area contributed by atoms with Gasteiger partial charge in [0.15, 0.2) is 5.82 Å². The standard InChI is InChI=1S/C16H21N5OS.ClH/c1-11(17-2)8-14-19-16(22-20-14)9-21-13-7-5-4-6-12(13)18-15(21)10-23-3;/h4-7,11,17H,8-10H2,1-3H3;1H. The highest BCUT2D eigenvalue weighted by Gasteiger charge is 2.14. The minimum atomic E-state index is 0. The summed E-state index contributed by atoms with van der Waals surface area (Å²) in [5.74, 6) is 3.24. The van der Waals surface area contributed by atoms with Crippen LogP contribution in [0.3, 0.4) is 0 Å².